The minimum absolute atomic E-state index is 0.106. The highest BCUT2D eigenvalue weighted by atomic mass is 19.4. The highest BCUT2D eigenvalue weighted by Crippen LogP contribution is 2.54. The molecule has 0 bridgehead atoms. The van der Waals surface area contributed by atoms with Gasteiger partial charge in [0.15, 0.2) is 11.4 Å². The molecule has 41 heavy (non-hydrogen) atoms. The first-order chi connectivity index (χ1) is 18.9. The summed E-state index contributed by atoms with van der Waals surface area (Å²) < 4.78 is 43.9. The molecular formula is C28H34F3N3O7. The maximum atomic E-state index is 14.6. The number of ketones is 2. The molecule has 1 aromatic rings. The minimum atomic E-state index is -4.88. The number of benzene rings is 1. The van der Waals surface area contributed by atoms with E-state index in [9.17, 15) is 48.0 Å². The third kappa shape index (κ3) is 4.50. The number of amides is 1. The Labute approximate surface area is 234 Å². The Hall–Kier alpha value is -3.42. The molecule has 3 aliphatic carbocycles. The molecule has 1 amide bonds. The molecule has 0 saturated heterocycles. The predicted octanol–water partition coefficient (Wildman–Crippen LogP) is 2.21. The molecule has 0 spiro atoms. The summed E-state index contributed by atoms with van der Waals surface area (Å²) >= 11 is 0. The van der Waals surface area contributed by atoms with Gasteiger partial charge in [0.05, 0.1) is 17.2 Å². The quantitative estimate of drug-likeness (QED) is 0.317. The maximum Gasteiger partial charge on any atom is 0.417 e. The molecule has 4 atom stereocenters. The van der Waals surface area contributed by atoms with Crippen LogP contribution in [0.5, 0.6) is 5.75 Å². The number of alkyl halides is 3. The number of likely N-dealkylation sites (N-methyl/N-ethyl adjacent to an activating group) is 1. The van der Waals surface area contributed by atoms with E-state index in [4.69, 9.17) is 5.73 Å². The summed E-state index contributed by atoms with van der Waals surface area (Å²) in [6.07, 6.45) is -5.63. The van der Waals surface area contributed by atoms with E-state index >= 15 is 0 Å². The third-order valence-corrected chi connectivity index (χ3v) is 8.60. The van der Waals surface area contributed by atoms with Crippen molar-refractivity contribution >= 4 is 23.2 Å². The smallest absolute Gasteiger partial charge is 0.417 e. The fraction of sp³-hybridized carbons (Fsp3) is 0.536. The van der Waals surface area contributed by atoms with Crippen LogP contribution < -0.4 is 5.73 Å². The van der Waals surface area contributed by atoms with Crippen molar-refractivity contribution < 1.29 is 48.0 Å². The number of nitrogens with two attached hydrogens (primary N) is 1. The zero-order valence-corrected chi connectivity index (χ0v) is 23.3. The van der Waals surface area contributed by atoms with Gasteiger partial charge in [-0.05, 0) is 70.4 Å². The van der Waals surface area contributed by atoms with Crippen molar-refractivity contribution in [2.75, 3.05) is 20.6 Å². The number of phenolic OH excluding ortho intramolecular Hbond substituents is 1. The Kier molecular flexibility index (Phi) is 7.55. The fourth-order valence-electron chi connectivity index (χ4n) is 6.74. The van der Waals surface area contributed by atoms with Crippen LogP contribution >= 0.6 is 0 Å². The Balaban J connectivity index is 1.99. The van der Waals surface area contributed by atoms with Gasteiger partial charge in [-0.15, -0.1) is 0 Å². The van der Waals surface area contributed by atoms with Gasteiger partial charge in [0.1, 0.15) is 22.8 Å². The molecule has 0 aromatic heterocycles. The average molecular weight is 582 g/mol. The van der Waals surface area contributed by atoms with Gasteiger partial charge < -0.3 is 26.2 Å². The number of nitrogens with zero attached hydrogens (tertiary/aromatic N) is 2. The Bertz CT molecular complexity index is 1400. The van der Waals surface area contributed by atoms with E-state index in [1.165, 1.54) is 19.0 Å². The summed E-state index contributed by atoms with van der Waals surface area (Å²) in [6.45, 7) is 5.74. The van der Waals surface area contributed by atoms with Crippen LogP contribution in [0, 0.1) is 11.8 Å². The van der Waals surface area contributed by atoms with Gasteiger partial charge in [-0.1, -0.05) is 6.92 Å². The minimum Gasteiger partial charge on any atom is -0.508 e. The molecule has 0 unspecified atom stereocenters. The van der Waals surface area contributed by atoms with E-state index in [1.807, 2.05) is 13.8 Å². The second-order valence-electron chi connectivity index (χ2n) is 11.4. The van der Waals surface area contributed by atoms with Crippen molar-refractivity contribution in [1.29, 1.82) is 0 Å². The molecular weight excluding hydrogens is 547 g/mol. The largest absolute Gasteiger partial charge is 0.508 e. The Morgan fingerprint density at radius 1 is 1.20 bits per heavy atom. The molecule has 3 aliphatic rings. The fourth-order valence-corrected chi connectivity index (χ4v) is 6.74. The molecule has 1 aromatic carbocycles. The number of aliphatic hydroxyl groups is 3. The number of hydrogen-bond acceptors (Lipinski definition) is 9. The van der Waals surface area contributed by atoms with E-state index in [1.54, 1.807) is 11.8 Å². The number of hydrogen-bond donors (Lipinski definition) is 5. The van der Waals surface area contributed by atoms with Gasteiger partial charge in [0.2, 0.25) is 5.78 Å². The Morgan fingerprint density at radius 2 is 1.80 bits per heavy atom. The summed E-state index contributed by atoms with van der Waals surface area (Å²) in [5.41, 5.74) is -1.29. The SMILES string of the molecule is CCN(Cc1cc(O)c2c(c1C(F)(F)F)C[C@H]1C[C@H]3[C@H](N(C)C)C(=O)C(C(N)=O)=C(O)[C@@]3(O)C(=O)C1=C2O)C(C)C. The summed E-state index contributed by atoms with van der Waals surface area (Å²) in [5.74, 6) is -9.02. The van der Waals surface area contributed by atoms with Crippen LogP contribution in [0.2, 0.25) is 0 Å². The van der Waals surface area contributed by atoms with Crippen LogP contribution in [0.4, 0.5) is 13.2 Å². The number of aromatic hydroxyl groups is 1. The van der Waals surface area contributed by atoms with Gasteiger partial charge >= 0.3 is 6.18 Å². The van der Waals surface area contributed by atoms with Crippen molar-refractivity contribution in [3.63, 3.8) is 0 Å². The molecule has 4 rings (SSSR count). The van der Waals surface area contributed by atoms with Gasteiger partial charge in [-0.3, -0.25) is 24.2 Å². The lowest BCUT2D eigenvalue weighted by Crippen LogP contribution is -2.65. The first kappa shape index (κ1) is 30.5. The molecule has 1 fully saturated rings. The molecule has 224 valence electrons. The number of carbonyl (C=O) groups excluding carboxylic acids is 3. The van der Waals surface area contributed by atoms with E-state index in [-0.39, 0.29) is 24.6 Å². The average Bonchev–Trinajstić information content (AvgIpc) is 2.83. The first-order valence-corrected chi connectivity index (χ1v) is 13.2. The van der Waals surface area contributed by atoms with Crippen LogP contribution in [-0.4, -0.2) is 86.0 Å². The van der Waals surface area contributed by atoms with Crippen molar-refractivity contribution in [3.8, 4) is 5.75 Å². The van der Waals surface area contributed by atoms with Crippen molar-refractivity contribution in [2.45, 2.75) is 64.0 Å². The molecule has 0 aliphatic heterocycles. The normalized spacial score (nSPS) is 26.6. The van der Waals surface area contributed by atoms with Gasteiger partial charge in [-0.25, -0.2) is 0 Å². The lowest BCUT2D eigenvalue weighted by molar-refractivity contribution is -0.153. The van der Waals surface area contributed by atoms with E-state index in [0.717, 1.165) is 6.07 Å². The Morgan fingerprint density at radius 3 is 2.29 bits per heavy atom. The van der Waals surface area contributed by atoms with Crippen LogP contribution in [0.15, 0.2) is 23.0 Å². The van der Waals surface area contributed by atoms with Crippen LogP contribution in [0.3, 0.4) is 0 Å². The number of Topliss-reactive ketones (excluding diaryl/α,β-unsaturated/α-hetero) is 2. The number of aliphatic hydroxyl groups excluding tert-OH is 2. The molecule has 0 radical (unpaired) electrons. The summed E-state index contributed by atoms with van der Waals surface area (Å²) in [7, 11) is 2.88. The van der Waals surface area contributed by atoms with E-state index in [2.05, 4.69) is 0 Å². The van der Waals surface area contributed by atoms with Gasteiger partial charge in [0.25, 0.3) is 5.91 Å². The molecule has 6 N–H and O–H groups in total. The maximum absolute atomic E-state index is 14.6. The molecule has 10 nitrogen and oxygen atoms in total. The standard InChI is InChI=1S/C28H34F3N3O7/c1-6-34(11(2)3)10-13-9-16(35)18-14(20(13)28(29,30)31)7-12-8-15-21(33(4)5)23(37)19(26(32)40)25(39)27(15,41)24(38)17(12)22(18)36/h9,11-12,15,21,35-36,39,41H,6-8,10H2,1-5H3,(H2,32,40)/t12-,15-,21-,27-/m0/s1. The van der Waals surface area contributed by atoms with Crippen molar-refractivity contribution in [3.05, 3.63) is 45.2 Å². The summed E-state index contributed by atoms with van der Waals surface area (Å²) in [4.78, 5) is 42.2. The number of carbonyl (C=O) groups is 3. The van der Waals surface area contributed by atoms with Gasteiger partial charge in [0, 0.05) is 24.1 Å². The number of phenols is 1. The second-order valence-corrected chi connectivity index (χ2v) is 11.4. The predicted molar refractivity (Wildman–Crippen MR) is 140 cm³/mol. The van der Waals surface area contributed by atoms with E-state index in [0.29, 0.717) is 6.54 Å². The summed E-state index contributed by atoms with van der Waals surface area (Å²) in [6, 6.07) is -0.525. The topological polar surface area (TPSA) is 165 Å². The number of halogens is 3. The summed E-state index contributed by atoms with van der Waals surface area (Å²) in [5, 5.41) is 44.6. The third-order valence-electron chi connectivity index (χ3n) is 8.60. The molecule has 0 heterocycles. The monoisotopic (exact) mass is 581 g/mol. The van der Waals surface area contributed by atoms with Crippen molar-refractivity contribution in [1.82, 2.24) is 9.80 Å². The van der Waals surface area contributed by atoms with Gasteiger partial charge in [-0.2, -0.15) is 13.2 Å². The van der Waals surface area contributed by atoms with Crippen LogP contribution in [-0.2, 0) is 33.5 Å². The zero-order valence-electron chi connectivity index (χ0n) is 23.3. The highest BCUT2D eigenvalue weighted by molar-refractivity contribution is 6.24. The molecule has 1 saturated carbocycles. The zero-order chi connectivity index (χ0) is 30.9. The lowest BCUT2D eigenvalue weighted by atomic mass is 9.57. The molecule has 13 heteroatoms. The van der Waals surface area contributed by atoms with Crippen LogP contribution in [0.25, 0.3) is 5.76 Å². The number of rotatable bonds is 6. The number of fused-ring (bicyclic) bond motifs is 3. The lowest BCUT2D eigenvalue weighted by Gasteiger charge is -2.50. The number of primary amides is 1. The van der Waals surface area contributed by atoms with Crippen LogP contribution in [0.1, 0.15) is 49.4 Å². The van der Waals surface area contributed by atoms with Crippen molar-refractivity contribution in [2.24, 2.45) is 17.6 Å². The highest BCUT2D eigenvalue weighted by Gasteiger charge is 2.64. The first-order valence-electron chi connectivity index (χ1n) is 13.2. The second kappa shape index (κ2) is 10.1. The van der Waals surface area contributed by atoms with E-state index < -0.39 is 98.7 Å².